The monoisotopic (exact) mass is 388 g/mol. The van der Waals surface area contributed by atoms with Crippen molar-refractivity contribution >= 4 is 29.3 Å². The summed E-state index contributed by atoms with van der Waals surface area (Å²) in [6, 6.07) is 8.59. The summed E-state index contributed by atoms with van der Waals surface area (Å²) in [5.74, 6) is 1.20. The number of benzene rings is 1. The number of nitrogens with one attached hydrogen (secondary N) is 3. The molecule has 2 aliphatic carbocycles. The molecule has 0 spiro atoms. The Bertz CT molecular complexity index is 657. The third-order valence-electron chi connectivity index (χ3n) is 5.66. The number of hydrogen-bond donors (Lipinski definition) is 3. The Kier molecular flexibility index (Phi) is 7.44. The van der Waals surface area contributed by atoms with Gasteiger partial charge in [-0.25, -0.2) is 0 Å². The van der Waals surface area contributed by atoms with Crippen LogP contribution >= 0.6 is 11.8 Å². The van der Waals surface area contributed by atoms with Crippen LogP contribution in [-0.4, -0.2) is 36.5 Å². The number of carbonyl (C=O) groups excluding carboxylic acids is 1. The largest absolute Gasteiger partial charge is 0.354 e. The number of hydrogen-bond acceptors (Lipinski definition) is 3. The van der Waals surface area contributed by atoms with Crippen LogP contribution in [0.3, 0.4) is 0 Å². The summed E-state index contributed by atoms with van der Waals surface area (Å²) >= 11 is 1.96. The Labute approximate surface area is 167 Å². The zero-order valence-electron chi connectivity index (χ0n) is 16.5. The van der Waals surface area contributed by atoms with Crippen LogP contribution in [-0.2, 0) is 11.3 Å². The lowest BCUT2D eigenvalue weighted by Crippen LogP contribution is -2.42. The van der Waals surface area contributed by atoms with E-state index in [1.807, 2.05) is 37.0 Å². The van der Waals surface area contributed by atoms with Crippen molar-refractivity contribution in [3.8, 4) is 0 Å². The Morgan fingerprint density at radius 3 is 2.74 bits per heavy atom. The molecule has 27 heavy (non-hydrogen) atoms. The molecule has 3 N–H and O–H groups in total. The van der Waals surface area contributed by atoms with Crippen LogP contribution in [0, 0.1) is 5.92 Å². The summed E-state index contributed by atoms with van der Waals surface area (Å²) in [4.78, 5) is 16.7. The molecule has 2 fully saturated rings. The quantitative estimate of drug-likeness (QED) is 0.513. The molecular formula is C21H32N4OS. The zero-order chi connectivity index (χ0) is 19.1. The fourth-order valence-electron chi connectivity index (χ4n) is 4.05. The van der Waals surface area contributed by atoms with Crippen LogP contribution in [0.2, 0.25) is 0 Å². The number of rotatable bonds is 6. The van der Waals surface area contributed by atoms with Crippen LogP contribution in [0.5, 0.6) is 0 Å². The highest BCUT2D eigenvalue weighted by molar-refractivity contribution is 7.99. The smallest absolute Gasteiger partial charge is 0.227 e. The molecule has 0 heterocycles. The summed E-state index contributed by atoms with van der Waals surface area (Å²) in [7, 11) is 1.81. The summed E-state index contributed by atoms with van der Waals surface area (Å²) in [5.41, 5.74) is 2.02. The van der Waals surface area contributed by atoms with Crippen LogP contribution < -0.4 is 16.0 Å². The molecule has 2 unspecified atom stereocenters. The number of anilines is 1. The fraction of sp³-hybridized carbons (Fsp3) is 0.619. The molecule has 1 aromatic rings. The van der Waals surface area contributed by atoms with Crippen molar-refractivity contribution in [2.75, 3.05) is 18.6 Å². The minimum atomic E-state index is 0.166. The van der Waals surface area contributed by atoms with Gasteiger partial charge in [0.1, 0.15) is 0 Å². The van der Waals surface area contributed by atoms with Crippen molar-refractivity contribution < 1.29 is 4.79 Å². The molecule has 1 amide bonds. The minimum Gasteiger partial charge on any atom is -0.354 e. The first-order valence-electron chi connectivity index (χ1n) is 10.1. The van der Waals surface area contributed by atoms with Gasteiger partial charge >= 0.3 is 0 Å². The molecule has 0 aromatic heterocycles. The zero-order valence-corrected chi connectivity index (χ0v) is 17.3. The lowest BCUT2D eigenvalue weighted by atomic mass is 10.1. The third kappa shape index (κ3) is 5.89. The first-order valence-corrected chi connectivity index (χ1v) is 11.4. The summed E-state index contributed by atoms with van der Waals surface area (Å²) in [6.45, 7) is 0.686. The Balaban J connectivity index is 1.49. The van der Waals surface area contributed by atoms with Crippen molar-refractivity contribution in [1.29, 1.82) is 0 Å². The highest BCUT2D eigenvalue weighted by atomic mass is 32.2. The molecule has 0 saturated heterocycles. The molecule has 3 rings (SSSR count). The number of amides is 1. The maximum absolute atomic E-state index is 12.3. The topological polar surface area (TPSA) is 65.5 Å². The molecule has 2 aliphatic rings. The summed E-state index contributed by atoms with van der Waals surface area (Å²) < 4.78 is 0. The Morgan fingerprint density at radius 1 is 1.22 bits per heavy atom. The molecule has 2 saturated carbocycles. The molecule has 0 bridgehead atoms. The van der Waals surface area contributed by atoms with E-state index in [0.29, 0.717) is 12.6 Å². The van der Waals surface area contributed by atoms with Crippen molar-refractivity contribution in [2.24, 2.45) is 10.9 Å². The van der Waals surface area contributed by atoms with Gasteiger partial charge in [-0.3, -0.25) is 9.79 Å². The minimum absolute atomic E-state index is 0.166. The highest BCUT2D eigenvalue weighted by Crippen LogP contribution is 2.28. The van der Waals surface area contributed by atoms with E-state index in [0.717, 1.165) is 35.3 Å². The number of nitrogens with zero attached hydrogens (tertiary/aromatic N) is 1. The maximum atomic E-state index is 12.3. The van der Waals surface area contributed by atoms with Gasteiger partial charge in [-0.15, -0.1) is 0 Å². The van der Waals surface area contributed by atoms with Gasteiger partial charge in [0.2, 0.25) is 5.91 Å². The maximum Gasteiger partial charge on any atom is 0.227 e. The summed E-state index contributed by atoms with van der Waals surface area (Å²) in [6.07, 6.45) is 10.3. The highest BCUT2D eigenvalue weighted by Gasteiger charge is 2.24. The van der Waals surface area contributed by atoms with Gasteiger partial charge in [-0.2, -0.15) is 11.8 Å². The predicted octanol–water partition coefficient (Wildman–Crippen LogP) is 3.76. The van der Waals surface area contributed by atoms with E-state index in [1.54, 1.807) is 0 Å². The van der Waals surface area contributed by atoms with E-state index in [1.165, 1.54) is 32.1 Å². The van der Waals surface area contributed by atoms with Crippen LogP contribution in [0.25, 0.3) is 0 Å². The molecule has 148 valence electrons. The Morgan fingerprint density at radius 2 is 2.04 bits per heavy atom. The lowest BCUT2D eigenvalue weighted by Gasteiger charge is -2.18. The second-order valence-corrected chi connectivity index (χ2v) is 8.75. The normalized spacial score (nSPS) is 23.4. The number of guanidine groups is 1. The van der Waals surface area contributed by atoms with Gasteiger partial charge in [0.05, 0.1) is 0 Å². The lowest BCUT2D eigenvalue weighted by molar-refractivity contribution is -0.119. The van der Waals surface area contributed by atoms with Gasteiger partial charge in [0, 0.05) is 36.5 Å². The van der Waals surface area contributed by atoms with Gasteiger partial charge in [0.25, 0.3) is 0 Å². The average molecular weight is 389 g/mol. The SMILES string of the molecule is CN=C(NCc1cccc(NC(=O)C2CCCC2)c1)NC1CCC(SC)C1. The second-order valence-electron chi connectivity index (χ2n) is 7.61. The standard InChI is InChI=1S/C21H32N4OS/c1-22-21(25-18-10-11-19(13-18)27-2)23-14-15-6-5-9-17(12-15)24-20(26)16-7-3-4-8-16/h5-6,9,12,16,18-19H,3-4,7-8,10-11,13-14H2,1-2H3,(H,24,26)(H2,22,23,25). The molecule has 1 aromatic carbocycles. The van der Waals surface area contributed by atoms with Gasteiger partial charge in [0.15, 0.2) is 5.96 Å². The van der Waals surface area contributed by atoms with Crippen molar-refractivity contribution in [1.82, 2.24) is 10.6 Å². The van der Waals surface area contributed by atoms with E-state index in [9.17, 15) is 4.79 Å². The molecular weight excluding hydrogens is 356 g/mol. The molecule has 0 radical (unpaired) electrons. The van der Waals surface area contributed by atoms with E-state index in [4.69, 9.17) is 0 Å². The van der Waals surface area contributed by atoms with Gasteiger partial charge in [-0.1, -0.05) is 25.0 Å². The van der Waals surface area contributed by atoms with Crippen molar-refractivity contribution in [3.63, 3.8) is 0 Å². The van der Waals surface area contributed by atoms with Crippen LogP contribution in [0.15, 0.2) is 29.3 Å². The first kappa shape index (κ1) is 20.1. The number of carbonyl (C=O) groups is 1. The fourth-order valence-corrected chi connectivity index (χ4v) is 4.85. The van der Waals surface area contributed by atoms with Gasteiger partial charge in [-0.05, 0) is 56.1 Å². The predicted molar refractivity (Wildman–Crippen MR) is 115 cm³/mol. The molecule has 6 heteroatoms. The van der Waals surface area contributed by atoms with Crippen molar-refractivity contribution in [2.45, 2.75) is 62.8 Å². The van der Waals surface area contributed by atoms with Crippen LogP contribution in [0.4, 0.5) is 5.69 Å². The average Bonchev–Trinajstić information content (AvgIpc) is 3.37. The van der Waals surface area contributed by atoms with Crippen LogP contribution in [0.1, 0.15) is 50.5 Å². The number of thioether (sulfide) groups is 1. The van der Waals surface area contributed by atoms with Gasteiger partial charge < -0.3 is 16.0 Å². The molecule has 5 nitrogen and oxygen atoms in total. The van der Waals surface area contributed by atoms with E-state index >= 15 is 0 Å². The first-order chi connectivity index (χ1) is 13.2. The summed E-state index contributed by atoms with van der Waals surface area (Å²) in [5, 5.41) is 10.8. The Hall–Kier alpha value is -1.69. The molecule has 0 aliphatic heterocycles. The van der Waals surface area contributed by atoms with E-state index in [2.05, 4.69) is 33.3 Å². The second kappa shape index (κ2) is 10.0. The van der Waals surface area contributed by atoms with E-state index < -0.39 is 0 Å². The van der Waals surface area contributed by atoms with Crippen molar-refractivity contribution in [3.05, 3.63) is 29.8 Å². The third-order valence-corrected chi connectivity index (χ3v) is 6.76. The van der Waals surface area contributed by atoms with E-state index in [-0.39, 0.29) is 11.8 Å². The molecule has 2 atom stereocenters. The number of aliphatic imine (C=N–C) groups is 1.